The van der Waals surface area contributed by atoms with Gasteiger partial charge in [-0.15, -0.1) is 0 Å². The smallest absolute Gasteiger partial charge is 0.274 e. The van der Waals surface area contributed by atoms with Gasteiger partial charge in [0, 0.05) is 43.9 Å². The minimum absolute atomic E-state index is 0.103. The molecule has 1 unspecified atom stereocenters. The summed E-state index contributed by atoms with van der Waals surface area (Å²) in [6.07, 6.45) is 6.59. The number of pyridine rings is 2. The van der Waals surface area contributed by atoms with Crippen molar-refractivity contribution in [3.63, 3.8) is 0 Å². The van der Waals surface area contributed by atoms with E-state index in [1.54, 1.807) is 55.1 Å². The van der Waals surface area contributed by atoms with Crippen LogP contribution in [0.5, 0.6) is 0 Å². The molecule has 3 rings (SSSR count). The SMILES string of the molecule is O=C(NCc1ccncc1)C(NCc1ccncc1)c1ccccc1[N+](=O)[O-]. The van der Waals surface area contributed by atoms with Crippen LogP contribution < -0.4 is 10.6 Å². The van der Waals surface area contributed by atoms with Gasteiger partial charge in [0.05, 0.1) is 10.5 Å². The van der Waals surface area contributed by atoms with Gasteiger partial charge in [-0.05, 0) is 35.4 Å². The average molecular weight is 377 g/mol. The topological polar surface area (TPSA) is 110 Å². The number of nitro groups is 1. The first kappa shape index (κ1) is 19.1. The monoisotopic (exact) mass is 377 g/mol. The number of nitrogens with one attached hydrogen (secondary N) is 2. The molecule has 1 amide bonds. The molecule has 28 heavy (non-hydrogen) atoms. The van der Waals surface area contributed by atoms with Gasteiger partial charge in [-0.3, -0.25) is 30.2 Å². The number of aromatic nitrogens is 2. The summed E-state index contributed by atoms with van der Waals surface area (Å²) in [4.78, 5) is 31.8. The second kappa shape index (κ2) is 9.33. The van der Waals surface area contributed by atoms with E-state index in [1.807, 2.05) is 12.1 Å². The van der Waals surface area contributed by atoms with Gasteiger partial charge in [0.15, 0.2) is 0 Å². The Morgan fingerprint density at radius 3 is 2.11 bits per heavy atom. The van der Waals surface area contributed by atoms with Crippen molar-refractivity contribution in [3.8, 4) is 0 Å². The lowest BCUT2D eigenvalue weighted by Gasteiger charge is -2.19. The van der Waals surface area contributed by atoms with Crippen LogP contribution in [-0.2, 0) is 17.9 Å². The summed E-state index contributed by atoms with van der Waals surface area (Å²) < 4.78 is 0. The number of nitrogens with zero attached hydrogens (tertiary/aromatic N) is 3. The van der Waals surface area contributed by atoms with Crippen molar-refractivity contribution in [2.24, 2.45) is 0 Å². The van der Waals surface area contributed by atoms with Gasteiger partial charge in [-0.1, -0.05) is 18.2 Å². The molecule has 0 radical (unpaired) electrons. The van der Waals surface area contributed by atoms with E-state index in [4.69, 9.17) is 0 Å². The lowest BCUT2D eigenvalue weighted by atomic mass is 10.0. The van der Waals surface area contributed by atoms with Crippen LogP contribution in [0.2, 0.25) is 0 Å². The van der Waals surface area contributed by atoms with Crippen LogP contribution in [-0.4, -0.2) is 20.8 Å². The molecule has 8 nitrogen and oxygen atoms in total. The molecule has 1 atom stereocenters. The molecule has 3 aromatic rings. The molecule has 8 heteroatoms. The average Bonchev–Trinajstić information content (AvgIpc) is 2.74. The first-order valence-corrected chi connectivity index (χ1v) is 8.67. The molecule has 0 aliphatic carbocycles. The Balaban J connectivity index is 1.81. The molecular weight excluding hydrogens is 358 g/mol. The highest BCUT2D eigenvalue weighted by Gasteiger charge is 2.27. The second-order valence-corrected chi connectivity index (χ2v) is 6.06. The number of hydrogen-bond acceptors (Lipinski definition) is 6. The maximum atomic E-state index is 12.9. The van der Waals surface area contributed by atoms with E-state index >= 15 is 0 Å². The van der Waals surface area contributed by atoms with Gasteiger partial charge < -0.3 is 5.32 Å². The molecule has 2 heterocycles. The van der Waals surface area contributed by atoms with Crippen LogP contribution in [0, 0.1) is 10.1 Å². The van der Waals surface area contributed by atoms with E-state index in [0.29, 0.717) is 18.7 Å². The molecule has 1 aromatic carbocycles. The number of carbonyl (C=O) groups excluding carboxylic acids is 1. The molecule has 0 bridgehead atoms. The molecule has 142 valence electrons. The predicted molar refractivity (Wildman–Crippen MR) is 103 cm³/mol. The highest BCUT2D eigenvalue weighted by Crippen LogP contribution is 2.25. The van der Waals surface area contributed by atoms with Gasteiger partial charge in [-0.2, -0.15) is 0 Å². The Hall–Kier alpha value is -3.65. The Bertz CT molecular complexity index is 935. The number of carbonyl (C=O) groups is 1. The largest absolute Gasteiger partial charge is 0.350 e. The van der Waals surface area contributed by atoms with E-state index in [1.165, 1.54) is 6.07 Å². The van der Waals surface area contributed by atoms with Gasteiger partial charge in [0.25, 0.3) is 5.69 Å². The van der Waals surface area contributed by atoms with Gasteiger partial charge in [0.2, 0.25) is 5.91 Å². The zero-order chi connectivity index (χ0) is 19.8. The van der Waals surface area contributed by atoms with Crippen molar-refractivity contribution in [2.75, 3.05) is 0 Å². The third kappa shape index (κ3) is 4.95. The zero-order valence-corrected chi connectivity index (χ0v) is 15.0. The van der Waals surface area contributed by atoms with E-state index in [0.717, 1.165) is 11.1 Å². The van der Waals surface area contributed by atoms with Gasteiger partial charge in [-0.25, -0.2) is 0 Å². The van der Waals surface area contributed by atoms with Crippen LogP contribution >= 0.6 is 0 Å². The summed E-state index contributed by atoms with van der Waals surface area (Å²) in [7, 11) is 0. The van der Waals surface area contributed by atoms with Crippen molar-refractivity contribution in [1.82, 2.24) is 20.6 Å². The van der Waals surface area contributed by atoms with Crippen molar-refractivity contribution < 1.29 is 9.72 Å². The summed E-state index contributed by atoms with van der Waals surface area (Å²) >= 11 is 0. The molecule has 0 fully saturated rings. The molecule has 0 saturated carbocycles. The van der Waals surface area contributed by atoms with Crippen molar-refractivity contribution in [2.45, 2.75) is 19.1 Å². The minimum Gasteiger partial charge on any atom is -0.350 e. The number of amides is 1. The Morgan fingerprint density at radius 2 is 1.50 bits per heavy atom. The molecule has 2 N–H and O–H groups in total. The first-order chi connectivity index (χ1) is 13.6. The van der Waals surface area contributed by atoms with Crippen LogP contribution in [0.15, 0.2) is 73.3 Å². The van der Waals surface area contributed by atoms with Gasteiger partial charge >= 0.3 is 0 Å². The fourth-order valence-electron chi connectivity index (χ4n) is 2.75. The molecule has 0 aliphatic rings. The summed E-state index contributed by atoms with van der Waals surface area (Å²) in [5.74, 6) is -0.347. The number of benzene rings is 1. The standard InChI is InChI=1S/C20H19N5O3/c26-20(24-14-16-7-11-22-12-8-16)19(23-13-15-5-9-21-10-6-15)17-3-1-2-4-18(17)25(27)28/h1-12,19,23H,13-14H2,(H,24,26). The van der Waals surface area contributed by atoms with Crippen LogP contribution in [0.25, 0.3) is 0 Å². The van der Waals surface area contributed by atoms with Crippen molar-refractivity contribution in [3.05, 3.63) is 100 Å². The summed E-state index contributed by atoms with van der Waals surface area (Å²) in [5, 5.41) is 17.4. The number of para-hydroxylation sites is 1. The summed E-state index contributed by atoms with van der Waals surface area (Å²) in [6, 6.07) is 12.6. The normalized spacial score (nSPS) is 11.6. The highest BCUT2D eigenvalue weighted by molar-refractivity contribution is 5.84. The van der Waals surface area contributed by atoms with E-state index < -0.39 is 11.0 Å². The van der Waals surface area contributed by atoms with Crippen LogP contribution in [0.4, 0.5) is 5.69 Å². The Labute approximate surface area is 161 Å². The molecule has 0 spiro atoms. The maximum absolute atomic E-state index is 12.9. The molecule has 0 saturated heterocycles. The minimum atomic E-state index is -0.878. The molecule has 0 aliphatic heterocycles. The van der Waals surface area contributed by atoms with Gasteiger partial charge in [0.1, 0.15) is 6.04 Å². The maximum Gasteiger partial charge on any atom is 0.274 e. The fourth-order valence-corrected chi connectivity index (χ4v) is 2.75. The zero-order valence-electron chi connectivity index (χ0n) is 15.0. The highest BCUT2D eigenvalue weighted by atomic mass is 16.6. The third-order valence-electron chi connectivity index (χ3n) is 4.18. The molecule has 2 aromatic heterocycles. The number of nitro benzene ring substituents is 1. The van der Waals surface area contributed by atoms with Crippen molar-refractivity contribution in [1.29, 1.82) is 0 Å². The Kier molecular flexibility index (Phi) is 6.37. The van der Waals surface area contributed by atoms with Crippen molar-refractivity contribution >= 4 is 11.6 Å². The predicted octanol–water partition coefficient (Wildman–Crippen LogP) is 2.53. The lowest BCUT2D eigenvalue weighted by Crippen LogP contribution is -2.37. The second-order valence-electron chi connectivity index (χ2n) is 6.06. The summed E-state index contributed by atoms with van der Waals surface area (Å²) in [6.45, 7) is 0.664. The quantitative estimate of drug-likeness (QED) is 0.461. The first-order valence-electron chi connectivity index (χ1n) is 8.67. The van der Waals surface area contributed by atoms with Crippen LogP contribution in [0.3, 0.4) is 0 Å². The third-order valence-corrected chi connectivity index (χ3v) is 4.18. The Morgan fingerprint density at radius 1 is 0.929 bits per heavy atom. The number of hydrogen-bond donors (Lipinski definition) is 2. The molecular formula is C20H19N5O3. The van der Waals surface area contributed by atoms with E-state index in [-0.39, 0.29) is 11.6 Å². The van der Waals surface area contributed by atoms with E-state index in [9.17, 15) is 14.9 Å². The van der Waals surface area contributed by atoms with Crippen LogP contribution in [0.1, 0.15) is 22.7 Å². The number of rotatable bonds is 8. The summed E-state index contributed by atoms with van der Waals surface area (Å²) in [5.41, 5.74) is 2.02. The van der Waals surface area contributed by atoms with E-state index in [2.05, 4.69) is 20.6 Å². The lowest BCUT2D eigenvalue weighted by molar-refractivity contribution is -0.385. The fraction of sp³-hybridized carbons (Fsp3) is 0.150.